The molecule has 134 valence electrons. The molecule has 0 radical (unpaired) electrons. The molecule has 24 heavy (non-hydrogen) atoms. The van der Waals surface area contributed by atoms with E-state index in [1.165, 1.54) is 5.56 Å². The molecule has 1 fully saturated rings. The lowest BCUT2D eigenvalue weighted by Gasteiger charge is -2.40. The summed E-state index contributed by atoms with van der Waals surface area (Å²) in [5.41, 5.74) is 0.787. The third-order valence-electron chi connectivity index (χ3n) is 4.37. The normalized spacial score (nSPS) is 17.5. The third kappa shape index (κ3) is 5.41. The maximum Gasteiger partial charge on any atom is 0.410 e. The number of likely N-dealkylation sites (tertiary alicyclic amines) is 1. The molecule has 0 unspecified atom stereocenters. The molecule has 0 saturated carbocycles. The molecule has 5 nitrogen and oxygen atoms in total. The number of carbonyl (C=O) groups is 1. The van der Waals surface area contributed by atoms with E-state index in [4.69, 9.17) is 9.47 Å². The van der Waals surface area contributed by atoms with Crippen molar-refractivity contribution in [2.75, 3.05) is 20.2 Å². The van der Waals surface area contributed by atoms with Gasteiger partial charge in [0.25, 0.3) is 0 Å². The average Bonchev–Trinajstić information content (AvgIpc) is 2.52. The number of amides is 1. The van der Waals surface area contributed by atoms with Crippen LogP contribution in [0.15, 0.2) is 24.3 Å². The van der Waals surface area contributed by atoms with Crippen molar-refractivity contribution in [3.05, 3.63) is 29.8 Å². The zero-order valence-electron chi connectivity index (χ0n) is 15.5. The van der Waals surface area contributed by atoms with Crippen molar-refractivity contribution in [2.45, 2.75) is 58.2 Å². The molecule has 1 aliphatic rings. The Morgan fingerprint density at radius 3 is 2.54 bits per heavy atom. The molecule has 1 heterocycles. The summed E-state index contributed by atoms with van der Waals surface area (Å²) in [4.78, 5) is 13.9. The van der Waals surface area contributed by atoms with E-state index in [0.29, 0.717) is 0 Å². The molecule has 1 aromatic rings. The van der Waals surface area contributed by atoms with Crippen molar-refractivity contribution in [1.82, 2.24) is 10.2 Å². The second-order valence-corrected chi connectivity index (χ2v) is 7.73. The Morgan fingerprint density at radius 2 is 1.96 bits per heavy atom. The highest BCUT2D eigenvalue weighted by molar-refractivity contribution is 5.68. The first-order valence-corrected chi connectivity index (χ1v) is 8.57. The number of piperidine rings is 1. The summed E-state index contributed by atoms with van der Waals surface area (Å²) in [7, 11) is 1.68. The van der Waals surface area contributed by atoms with Crippen LogP contribution in [0.2, 0.25) is 0 Å². The second-order valence-electron chi connectivity index (χ2n) is 7.73. The predicted octanol–water partition coefficient (Wildman–Crippen LogP) is 3.57. The van der Waals surface area contributed by atoms with Gasteiger partial charge in [0.15, 0.2) is 0 Å². The zero-order chi connectivity index (χ0) is 17.8. The van der Waals surface area contributed by atoms with Crippen LogP contribution in [-0.2, 0) is 11.3 Å². The lowest BCUT2D eigenvalue weighted by molar-refractivity contribution is 0.0156. The summed E-state index contributed by atoms with van der Waals surface area (Å²) in [5.74, 6) is 0.874. The Bertz CT molecular complexity index is 558. The van der Waals surface area contributed by atoms with Crippen LogP contribution >= 0.6 is 0 Å². The topological polar surface area (TPSA) is 50.8 Å². The van der Waals surface area contributed by atoms with E-state index in [0.717, 1.165) is 38.2 Å². The van der Waals surface area contributed by atoms with Crippen LogP contribution in [0.5, 0.6) is 5.75 Å². The molecule has 1 aromatic carbocycles. The van der Waals surface area contributed by atoms with Gasteiger partial charge in [0, 0.05) is 25.2 Å². The highest BCUT2D eigenvalue weighted by Gasteiger charge is 2.33. The molecule has 1 saturated heterocycles. The quantitative estimate of drug-likeness (QED) is 0.914. The van der Waals surface area contributed by atoms with Crippen LogP contribution in [0.25, 0.3) is 0 Å². The molecule has 0 bridgehead atoms. The van der Waals surface area contributed by atoms with E-state index < -0.39 is 5.60 Å². The van der Waals surface area contributed by atoms with Gasteiger partial charge < -0.3 is 19.7 Å². The van der Waals surface area contributed by atoms with Crippen molar-refractivity contribution in [3.8, 4) is 5.75 Å². The van der Waals surface area contributed by atoms with Gasteiger partial charge in [-0.1, -0.05) is 12.1 Å². The molecule has 2 rings (SSSR count). The van der Waals surface area contributed by atoms with Crippen molar-refractivity contribution >= 4 is 6.09 Å². The fourth-order valence-corrected chi connectivity index (χ4v) is 2.78. The van der Waals surface area contributed by atoms with E-state index >= 15 is 0 Å². The van der Waals surface area contributed by atoms with E-state index in [1.807, 2.05) is 39.0 Å². The fraction of sp³-hybridized carbons (Fsp3) is 0.632. The van der Waals surface area contributed by atoms with E-state index in [-0.39, 0.29) is 11.6 Å². The molecule has 5 heteroatoms. The van der Waals surface area contributed by atoms with E-state index in [1.54, 1.807) is 12.0 Å². The minimum absolute atomic E-state index is 0.0294. The van der Waals surface area contributed by atoms with Crippen molar-refractivity contribution in [3.63, 3.8) is 0 Å². The van der Waals surface area contributed by atoms with Crippen LogP contribution in [0.4, 0.5) is 4.79 Å². The molecule has 1 aliphatic heterocycles. The van der Waals surface area contributed by atoms with Crippen LogP contribution in [0.3, 0.4) is 0 Å². The Hall–Kier alpha value is -1.75. The number of ether oxygens (including phenoxy) is 2. The lowest BCUT2D eigenvalue weighted by Crippen LogP contribution is -2.53. The number of benzene rings is 1. The fourth-order valence-electron chi connectivity index (χ4n) is 2.78. The van der Waals surface area contributed by atoms with Crippen LogP contribution in [0.1, 0.15) is 46.1 Å². The van der Waals surface area contributed by atoms with Crippen molar-refractivity contribution in [1.29, 1.82) is 0 Å². The van der Waals surface area contributed by atoms with Gasteiger partial charge in [-0.05, 0) is 58.2 Å². The molecular weight excluding hydrogens is 304 g/mol. The smallest absolute Gasteiger partial charge is 0.410 e. The maximum absolute atomic E-state index is 12.1. The molecule has 0 aliphatic carbocycles. The number of nitrogens with one attached hydrogen (secondary N) is 1. The predicted molar refractivity (Wildman–Crippen MR) is 95.3 cm³/mol. The van der Waals surface area contributed by atoms with Crippen molar-refractivity contribution in [2.24, 2.45) is 0 Å². The van der Waals surface area contributed by atoms with Crippen LogP contribution < -0.4 is 10.1 Å². The average molecular weight is 334 g/mol. The Morgan fingerprint density at radius 1 is 1.29 bits per heavy atom. The minimum Gasteiger partial charge on any atom is -0.497 e. The van der Waals surface area contributed by atoms with Gasteiger partial charge in [-0.15, -0.1) is 0 Å². The summed E-state index contributed by atoms with van der Waals surface area (Å²) in [6, 6.07) is 8.09. The van der Waals surface area contributed by atoms with Crippen LogP contribution in [-0.4, -0.2) is 42.3 Å². The van der Waals surface area contributed by atoms with Gasteiger partial charge in [0.2, 0.25) is 0 Å². The Balaban J connectivity index is 1.84. The molecular formula is C19H30N2O3. The van der Waals surface area contributed by atoms with Gasteiger partial charge in [-0.2, -0.15) is 0 Å². The summed E-state index contributed by atoms with van der Waals surface area (Å²) < 4.78 is 10.7. The SMILES string of the molecule is COc1cccc(CNC2(C)CCN(C(=O)OC(C)(C)C)CC2)c1. The standard InChI is InChI=1S/C19H30N2O3/c1-18(2,3)24-17(22)21-11-9-19(4,10-12-21)20-14-15-7-6-8-16(13-15)23-5/h6-8,13,20H,9-12,14H2,1-5H3. The first kappa shape index (κ1) is 18.6. The van der Waals surface area contributed by atoms with Gasteiger partial charge in [0.1, 0.15) is 11.4 Å². The highest BCUT2D eigenvalue weighted by Crippen LogP contribution is 2.24. The molecule has 0 aromatic heterocycles. The number of hydrogen-bond acceptors (Lipinski definition) is 4. The van der Waals surface area contributed by atoms with Gasteiger partial charge in [-0.3, -0.25) is 0 Å². The number of methoxy groups -OCH3 is 1. The number of rotatable bonds is 4. The summed E-state index contributed by atoms with van der Waals surface area (Å²) >= 11 is 0. The molecule has 1 amide bonds. The summed E-state index contributed by atoms with van der Waals surface area (Å²) in [6.07, 6.45) is 1.62. The number of nitrogens with zero attached hydrogens (tertiary/aromatic N) is 1. The van der Waals surface area contributed by atoms with Crippen LogP contribution in [0, 0.1) is 0 Å². The highest BCUT2D eigenvalue weighted by atomic mass is 16.6. The first-order valence-electron chi connectivity index (χ1n) is 8.57. The molecule has 0 spiro atoms. The zero-order valence-corrected chi connectivity index (χ0v) is 15.5. The lowest BCUT2D eigenvalue weighted by atomic mass is 9.89. The van der Waals surface area contributed by atoms with Crippen molar-refractivity contribution < 1.29 is 14.3 Å². The third-order valence-corrected chi connectivity index (χ3v) is 4.37. The Labute approximate surface area is 145 Å². The van der Waals surface area contributed by atoms with E-state index in [2.05, 4.69) is 18.3 Å². The largest absolute Gasteiger partial charge is 0.497 e. The van der Waals surface area contributed by atoms with Gasteiger partial charge in [-0.25, -0.2) is 4.79 Å². The van der Waals surface area contributed by atoms with Gasteiger partial charge >= 0.3 is 6.09 Å². The Kier molecular flexibility index (Phi) is 5.75. The monoisotopic (exact) mass is 334 g/mol. The summed E-state index contributed by atoms with van der Waals surface area (Å²) in [5, 5.41) is 3.64. The maximum atomic E-state index is 12.1. The van der Waals surface area contributed by atoms with Gasteiger partial charge in [0.05, 0.1) is 7.11 Å². The molecule has 1 N–H and O–H groups in total. The second kappa shape index (κ2) is 7.43. The number of carbonyl (C=O) groups excluding carboxylic acids is 1. The first-order chi connectivity index (χ1) is 11.2. The number of hydrogen-bond donors (Lipinski definition) is 1. The minimum atomic E-state index is -0.442. The summed E-state index contributed by atoms with van der Waals surface area (Å²) in [6.45, 7) is 10.1. The van der Waals surface area contributed by atoms with E-state index in [9.17, 15) is 4.79 Å². The molecule has 0 atom stereocenters.